The van der Waals surface area contributed by atoms with E-state index in [0.29, 0.717) is 24.8 Å². The van der Waals surface area contributed by atoms with E-state index >= 15 is 0 Å². The Balaban J connectivity index is 1.68. The predicted molar refractivity (Wildman–Crippen MR) is 149 cm³/mol. The number of rotatable bonds is 11. The molecule has 1 saturated heterocycles. The second kappa shape index (κ2) is 11.5. The van der Waals surface area contributed by atoms with Gasteiger partial charge in [-0.05, 0) is 42.5 Å². The van der Waals surface area contributed by atoms with Gasteiger partial charge in [-0.1, -0.05) is 55.8 Å². The average Bonchev–Trinajstić information content (AvgIpc) is 3.51. The number of imide groups is 1. The van der Waals surface area contributed by atoms with Crippen LogP contribution in [0.5, 0.6) is 0 Å². The lowest BCUT2D eigenvalue weighted by atomic mass is 9.86. The molecule has 10 nitrogen and oxygen atoms in total. The maximum absolute atomic E-state index is 14.0. The molecule has 3 aromatic rings. The van der Waals surface area contributed by atoms with Gasteiger partial charge in [0.2, 0.25) is 5.91 Å². The van der Waals surface area contributed by atoms with Crippen LogP contribution in [0.1, 0.15) is 44.4 Å². The molecule has 0 bridgehead atoms. The Labute approximate surface area is 232 Å². The topological polar surface area (TPSA) is 125 Å². The maximum atomic E-state index is 14.0. The van der Waals surface area contributed by atoms with E-state index in [-0.39, 0.29) is 13.0 Å². The Kier molecular flexibility index (Phi) is 8.29. The highest BCUT2D eigenvalue weighted by molar-refractivity contribution is 7.82. The van der Waals surface area contributed by atoms with E-state index in [1.165, 1.54) is 16.9 Å². The molecule has 4 rings (SSSR count). The van der Waals surface area contributed by atoms with E-state index in [9.17, 15) is 19.2 Å². The maximum Gasteiger partial charge on any atom is 0.341 e. The van der Waals surface area contributed by atoms with Crippen LogP contribution in [0.3, 0.4) is 0 Å². The number of fused-ring (bicyclic) bond motifs is 1. The SMILES string of the molecule is CCCC(S)(NC(=O)CN1C(=O)N(CCCc2cnc[nH]2)C(=O)C1(C)c1cccc2ccccc12)C(=O)OC. The van der Waals surface area contributed by atoms with Crippen LogP contribution in [0.15, 0.2) is 55.0 Å². The third-order valence-electron chi connectivity index (χ3n) is 7.14. The van der Waals surface area contributed by atoms with Crippen molar-refractivity contribution in [3.05, 3.63) is 66.2 Å². The van der Waals surface area contributed by atoms with Crippen LogP contribution in [-0.4, -0.2) is 68.7 Å². The Morgan fingerprint density at radius 3 is 2.62 bits per heavy atom. The minimum Gasteiger partial charge on any atom is -0.467 e. The van der Waals surface area contributed by atoms with Crippen LogP contribution in [0.25, 0.3) is 10.8 Å². The summed E-state index contributed by atoms with van der Waals surface area (Å²) in [6.45, 7) is 3.23. The molecule has 1 aliphatic rings. The van der Waals surface area contributed by atoms with Gasteiger partial charge in [-0.2, -0.15) is 0 Å². The Morgan fingerprint density at radius 2 is 1.92 bits per heavy atom. The number of aromatic nitrogens is 2. The number of benzene rings is 2. The number of carbonyl (C=O) groups is 4. The summed E-state index contributed by atoms with van der Waals surface area (Å²) in [6.07, 6.45) is 5.17. The van der Waals surface area contributed by atoms with Gasteiger partial charge in [0, 0.05) is 18.4 Å². The summed E-state index contributed by atoms with van der Waals surface area (Å²) in [5.74, 6) is -1.75. The molecule has 39 heavy (non-hydrogen) atoms. The number of hydrogen-bond donors (Lipinski definition) is 3. The number of thiol groups is 1. The summed E-state index contributed by atoms with van der Waals surface area (Å²) in [6, 6.07) is 12.6. The molecule has 2 heterocycles. The second-order valence-corrected chi connectivity index (χ2v) is 10.5. The summed E-state index contributed by atoms with van der Waals surface area (Å²) in [7, 11) is 1.22. The number of hydrogen-bond acceptors (Lipinski definition) is 7. The molecule has 2 aromatic carbocycles. The van der Waals surface area contributed by atoms with Crippen molar-refractivity contribution in [3.8, 4) is 0 Å². The van der Waals surface area contributed by atoms with Crippen LogP contribution in [-0.2, 0) is 31.1 Å². The fourth-order valence-corrected chi connectivity index (χ4v) is 5.58. The monoisotopic (exact) mass is 551 g/mol. The fourth-order valence-electron chi connectivity index (χ4n) is 5.14. The molecule has 0 radical (unpaired) electrons. The van der Waals surface area contributed by atoms with Crippen molar-refractivity contribution >= 4 is 47.2 Å². The quantitative estimate of drug-likeness (QED) is 0.145. The van der Waals surface area contributed by atoms with Crippen molar-refractivity contribution in [1.82, 2.24) is 25.1 Å². The lowest BCUT2D eigenvalue weighted by Crippen LogP contribution is -2.55. The van der Waals surface area contributed by atoms with Gasteiger partial charge in [-0.15, -0.1) is 12.6 Å². The Morgan fingerprint density at radius 1 is 1.18 bits per heavy atom. The standard InChI is InChI=1S/C28H33N5O5S/c1-4-14-28(39,25(36)38-3)31-23(34)17-33-26(37)32(15-8-11-20-16-29-18-30-20)24(35)27(33,2)22-13-7-10-19-9-5-6-12-21(19)22/h5-7,9-10,12-13,16,18,39H,4,8,11,14-15,17H2,1-3H3,(H,29,30)(H,31,34). The summed E-state index contributed by atoms with van der Waals surface area (Å²) in [4.78, 5) is 61.5. The van der Waals surface area contributed by atoms with Crippen molar-refractivity contribution < 1.29 is 23.9 Å². The van der Waals surface area contributed by atoms with Crippen LogP contribution < -0.4 is 5.32 Å². The molecular weight excluding hydrogens is 518 g/mol. The number of carbonyl (C=O) groups excluding carboxylic acids is 4. The predicted octanol–water partition coefficient (Wildman–Crippen LogP) is 3.39. The second-order valence-electron chi connectivity index (χ2n) is 9.75. The zero-order valence-electron chi connectivity index (χ0n) is 22.3. The number of urea groups is 1. The number of nitrogens with one attached hydrogen (secondary N) is 2. The first-order valence-electron chi connectivity index (χ1n) is 12.9. The summed E-state index contributed by atoms with van der Waals surface area (Å²) in [5.41, 5.74) is 0.0472. The molecular formula is C28H33N5O5S. The zero-order chi connectivity index (χ0) is 28.2. The molecule has 206 valence electrons. The number of H-pyrrole nitrogens is 1. The number of imidazole rings is 1. The van der Waals surface area contributed by atoms with E-state index in [2.05, 4.69) is 27.9 Å². The van der Waals surface area contributed by atoms with Gasteiger partial charge in [0.25, 0.3) is 5.91 Å². The van der Waals surface area contributed by atoms with Gasteiger partial charge < -0.3 is 15.0 Å². The van der Waals surface area contributed by atoms with Crippen LogP contribution in [0.2, 0.25) is 0 Å². The first kappa shape index (κ1) is 28.2. The normalized spacial score (nSPS) is 18.9. The highest BCUT2D eigenvalue weighted by atomic mass is 32.1. The Bertz CT molecular complexity index is 1370. The van der Waals surface area contributed by atoms with Crippen molar-refractivity contribution in [1.29, 1.82) is 0 Å². The van der Waals surface area contributed by atoms with E-state index in [0.717, 1.165) is 16.5 Å². The average molecular weight is 552 g/mol. The lowest BCUT2D eigenvalue weighted by Gasteiger charge is -2.34. The molecule has 2 unspecified atom stereocenters. The van der Waals surface area contributed by atoms with Crippen molar-refractivity contribution in [2.24, 2.45) is 0 Å². The Hall–Kier alpha value is -3.86. The third kappa shape index (κ3) is 5.36. The largest absolute Gasteiger partial charge is 0.467 e. The number of amides is 4. The van der Waals surface area contributed by atoms with Crippen LogP contribution >= 0.6 is 12.6 Å². The zero-order valence-corrected chi connectivity index (χ0v) is 23.2. The summed E-state index contributed by atoms with van der Waals surface area (Å²) >= 11 is 4.41. The van der Waals surface area contributed by atoms with E-state index in [4.69, 9.17) is 4.74 Å². The number of aromatic amines is 1. The molecule has 1 aromatic heterocycles. The van der Waals surface area contributed by atoms with Gasteiger partial charge in [-0.25, -0.2) is 14.6 Å². The minimum atomic E-state index is -1.56. The van der Waals surface area contributed by atoms with Crippen LogP contribution in [0, 0.1) is 0 Å². The van der Waals surface area contributed by atoms with Gasteiger partial charge >= 0.3 is 12.0 Å². The molecule has 0 spiro atoms. The van der Waals surface area contributed by atoms with E-state index in [1.807, 2.05) is 43.3 Å². The van der Waals surface area contributed by atoms with E-state index in [1.54, 1.807) is 25.5 Å². The van der Waals surface area contributed by atoms with Gasteiger partial charge in [0.15, 0.2) is 4.87 Å². The third-order valence-corrected chi connectivity index (χ3v) is 7.66. The van der Waals surface area contributed by atoms with Gasteiger partial charge in [0.1, 0.15) is 12.1 Å². The summed E-state index contributed by atoms with van der Waals surface area (Å²) < 4.78 is 4.85. The van der Waals surface area contributed by atoms with Crippen molar-refractivity contribution in [2.75, 3.05) is 20.2 Å². The number of nitrogens with zero attached hydrogens (tertiary/aromatic N) is 3. The molecule has 4 amide bonds. The molecule has 2 atom stereocenters. The molecule has 1 fully saturated rings. The highest BCUT2D eigenvalue weighted by Gasteiger charge is 2.56. The number of ether oxygens (including phenoxy) is 1. The first-order valence-corrected chi connectivity index (χ1v) is 13.3. The van der Waals surface area contributed by atoms with E-state index < -0.39 is 40.8 Å². The number of esters is 1. The number of methoxy groups -OCH3 is 1. The molecule has 0 saturated carbocycles. The molecule has 1 aliphatic heterocycles. The highest BCUT2D eigenvalue weighted by Crippen LogP contribution is 2.40. The lowest BCUT2D eigenvalue weighted by molar-refractivity contribution is -0.147. The van der Waals surface area contributed by atoms with Crippen LogP contribution in [0.4, 0.5) is 4.79 Å². The smallest absolute Gasteiger partial charge is 0.341 e. The number of aryl methyl sites for hydroxylation is 1. The van der Waals surface area contributed by atoms with Crippen molar-refractivity contribution in [2.45, 2.75) is 49.9 Å². The van der Waals surface area contributed by atoms with Crippen molar-refractivity contribution in [3.63, 3.8) is 0 Å². The van der Waals surface area contributed by atoms with Gasteiger partial charge in [-0.3, -0.25) is 19.4 Å². The molecule has 11 heteroatoms. The minimum absolute atomic E-state index is 0.170. The molecule has 2 N–H and O–H groups in total. The van der Waals surface area contributed by atoms with Gasteiger partial charge in [0.05, 0.1) is 13.4 Å². The first-order chi connectivity index (χ1) is 18.7. The summed E-state index contributed by atoms with van der Waals surface area (Å²) in [5, 5.41) is 4.33. The fraction of sp³-hybridized carbons (Fsp3) is 0.393. The molecule has 0 aliphatic carbocycles.